The Hall–Kier alpha value is -1.79. The second kappa shape index (κ2) is 6.78. The number of nitrogens with zero attached hydrogens (tertiary/aromatic N) is 2. The third-order valence-electron chi connectivity index (χ3n) is 3.59. The van der Waals surface area contributed by atoms with Gasteiger partial charge in [0.1, 0.15) is 5.75 Å². The average molecular weight is 288 g/mol. The average Bonchev–Trinajstić information content (AvgIpc) is 2.89. The van der Waals surface area contributed by atoms with Crippen LogP contribution >= 0.6 is 0 Å². The molecular formula is C15H21BN2O3. The zero-order valence-corrected chi connectivity index (χ0v) is 12.7. The van der Waals surface area contributed by atoms with E-state index in [0.717, 1.165) is 29.8 Å². The maximum Gasteiger partial charge on any atom is 0.488 e. The summed E-state index contributed by atoms with van der Waals surface area (Å²) in [6.45, 7) is 4.65. The number of methoxy groups -OCH3 is 1. The number of aromatic nitrogens is 2. The molecule has 0 saturated carbocycles. The minimum Gasteiger partial charge on any atom is -0.497 e. The first-order chi connectivity index (χ1) is 10.1. The standard InChI is InChI=1S/C15H21BN2O3/c1-4-12-9-13(5-2)18(17-12)10-11-8-14(21-3)6-7-15(11)16(19)20/h6-9,19-20H,4-5,10H2,1-3H3. The van der Waals surface area contributed by atoms with Crippen LogP contribution in [-0.2, 0) is 19.4 Å². The Morgan fingerprint density at radius 3 is 2.52 bits per heavy atom. The Morgan fingerprint density at radius 2 is 1.95 bits per heavy atom. The normalized spacial score (nSPS) is 10.7. The van der Waals surface area contributed by atoms with Crippen LogP contribution in [0.2, 0.25) is 0 Å². The molecule has 5 nitrogen and oxygen atoms in total. The van der Waals surface area contributed by atoms with Crippen molar-refractivity contribution >= 4 is 12.6 Å². The van der Waals surface area contributed by atoms with Crippen LogP contribution in [0.25, 0.3) is 0 Å². The largest absolute Gasteiger partial charge is 0.497 e. The van der Waals surface area contributed by atoms with Crippen LogP contribution in [0.4, 0.5) is 0 Å². The predicted molar refractivity (Wildman–Crippen MR) is 82.9 cm³/mol. The monoisotopic (exact) mass is 288 g/mol. The topological polar surface area (TPSA) is 67.5 Å². The highest BCUT2D eigenvalue weighted by Gasteiger charge is 2.18. The van der Waals surface area contributed by atoms with Gasteiger partial charge in [-0.3, -0.25) is 4.68 Å². The van der Waals surface area contributed by atoms with Crippen LogP contribution in [0.15, 0.2) is 24.3 Å². The molecule has 1 aromatic carbocycles. The van der Waals surface area contributed by atoms with Gasteiger partial charge in [-0.25, -0.2) is 0 Å². The maximum atomic E-state index is 9.51. The zero-order valence-electron chi connectivity index (χ0n) is 12.7. The highest BCUT2D eigenvalue weighted by atomic mass is 16.5. The van der Waals surface area contributed by atoms with E-state index in [2.05, 4.69) is 25.0 Å². The van der Waals surface area contributed by atoms with Crippen molar-refractivity contribution in [3.05, 3.63) is 41.2 Å². The van der Waals surface area contributed by atoms with Gasteiger partial charge in [-0.05, 0) is 42.1 Å². The number of benzene rings is 1. The minimum atomic E-state index is -1.50. The first-order valence-corrected chi connectivity index (χ1v) is 7.17. The van der Waals surface area contributed by atoms with Crippen LogP contribution < -0.4 is 10.2 Å². The molecule has 112 valence electrons. The molecule has 21 heavy (non-hydrogen) atoms. The Kier molecular flexibility index (Phi) is 5.04. The maximum absolute atomic E-state index is 9.51. The predicted octanol–water partition coefficient (Wildman–Crippen LogP) is 0.745. The van der Waals surface area contributed by atoms with Crippen LogP contribution in [0.3, 0.4) is 0 Å². The molecule has 1 aromatic heterocycles. The van der Waals surface area contributed by atoms with E-state index in [4.69, 9.17) is 4.74 Å². The van der Waals surface area contributed by atoms with E-state index in [1.54, 1.807) is 19.2 Å². The van der Waals surface area contributed by atoms with Crippen molar-refractivity contribution in [1.82, 2.24) is 9.78 Å². The van der Waals surface area contributed by atoms with Crippen LogP contribution in [0, 0.1) is 0 Å². The minimum absolute atomic E-state index is 0.478. The van der Waals surface area contributed by atoms with E-state index in [1.807, 2.05) is 10.7 Å². The van der Waals surface area contributed by atoms with E-state index >= 15 is 0 Å². The fourth-order valence-electron chi connectivity index (χ4n) is 2.37. The summed E-state index contributed by atoms with van der Waals surface area (Å²) in [4.78, 5) is 0. The molecule has 1 heterocycles. The van der Waals surface area contributed by atoms with Crippen LogP contribution in [0.1, 0.15) is 30.8 Å². The van der Waals surface area contributed by atoms with Crippen molar-refractivity contribution in [2.45, 2.75) is 33.2 Å². The van der Waals surface area contributed by atoms with E-state index in [0.29, 0.717) is 17.8 Å². The quantitative estimate of drug-likeness (QED) is 0.770. The number of hydrogen-bond donors (Lipinski definition) is 2. The van der Waals surface area contributed by atoms with Crippen molar-refractivity contribution in [2.24, 2.45) is 0 Å². The van der Waals surface area contributed by atoms with Crippen molar-refractivity contribution < 1.29 is 14.8 Å². The SMILES string of the molecule is CCc1cc(CC)n(Cc2cc(OC)ccc2B(O)O)n1. The van der Waals surface area contributed by atoms with Gasteiger partial charge in [0.2, 0.25) is 0 Å². The molecule has 0 unspecified atom stereocenters. The lowest BCUT2D eigenvalue weighted by Gasteiger charge is -2.12. The molecule has 0 saturated heterocycles. The molecule has 0 atom stereocenters. The molecule has 0 spiro atoms. The number of aryl methyl sites for hydroxylation is 2. The van der Waals surface area contributed by atoms with Gasteiger partial charge in [0, 0.05) is 5.69 Å². The lowest BCUT2D eigenvalue weighted by atomic mass is 9.77. The summed E-state index contributed by atoms with van der Waals surface area (Å²) < 4.78 is 7.13. The van der Waals surface area contributed by atoms with E-state index in [9.17, 15) is 10.0 Å². The van der Waals surface area contributed by atoms with Crippen molar-refractivity contribution in [2.75, 3.05) is 7.11 Å². The summed E-state index contributed by atoms with van der Waals surface area (Å²) in [7, 11) is 0.0894. The van der Waals surface area contributed by atoms with Crippen LogP contribution in [0.5, 0.6) is 5.75 Å². The summed E-state index contributed by atoms with van der Waals surface area (Å²) in [5, 5.41) is 23.6. The Labute approximate surface area is 125 Å². The van der Waals surface area contributed by atoms with Gasteiger partial charge in [0.05, 0.1) is 19.3 Å². The first kappa shape index (κ1) is 15.6. The molecule has 0 aliphatic rings. The lowest BCUT2D eigenvalue weighted by molar-refractivity contribution is 0.413. The van der Waals surface area contributed by atoms with E-state index < -0.39 is 7.12 Å². The summed E-state index contributed by atoms with van der Waals surface area (Å²) in [5.41, 5.74) is 3.45. The second-order valence-electron chi connectivity index (χ2n) is 4.93. The fraction of sp³-hybridized carbons (Fsp3) is 0.400. The second-order valence-corrected chi connectivity index (χ2v) is 4.93. The van der Waals surface area contributed by atoms with Gasteiger partial charge < -0.3 is 14.8 Å². The summed E-state index contributed by atoms with van der Waals surface area (Å²) in [6.07, 6.45) is 1.77. The molecule has 0 radical (unpaired) electrons. The molecule has 2 rings (SSSR count). The van der Waals surface area contributed by atoms with Gasteiger partial charge in [0.25, 0.3) is 0 Å². The lowest BCUT2D eigenvalue weighted by Crippen LogP contribution is -2.34. The van der Waals surface area contributed by atoms with Gasteiger partial charge in [-0.15, -0.1) is 0 Å². The molecule has 2 N–H and O–H groups in total. The smallest absolute Gasteiger partial charge is 0.488 e. The summed E-state index contributed by atoms with van der Waals surface area (Å²) in [5.74, 6) is 0.690. The Morgan fingerprint density at radius 1 is 1.19 bits per heavy atom. The third-order valence-corrected chi connectivity index (χ3v) is 3.59. The fourth-order valence-corrected chi connectivity index (χ4v) is 2.37. The molecule has 0 aliphatic carbocycles. The zero-order chi connectivity index (χ0) is 15.4. The van der Waals surface area contributed by atoms with Crippen molar-refractivity contribution in [3.63, 3.8) is 0 Å². The molecule has 0 aliphatic heterocycles. The van der Waals surface area contributed by atoms with Gasteiger partial charge in [-0.2, -0.15) is 5.10 Å². The molecule has 6 heteroatoms. The van der Waals surface area contributed by atoms with Crippen molar-refractivity contribution in [3.8, 4) is 5.75 Å². The van der Waals surface area contributed by atoms with E-state index in [-0.39, 0.29) is 0 Å². The summed E-state index contributed by atoms with van der Waals surface area (Å²) in [6, 6.07) is 7.31. The molecule has 0 amide bonds. The molecular weight excluding hydrogens is 267 g/mol. The molecule has 0 bridgehead atoms. The number of ether oxygens (including phenoxy) is 1. The molecule has 0 fully saturated rings. The van der Waals surface area contributed by atoms with Gasteiger partial charge >= 0.3 is 7.12 Å². The van der Waals surface area contributed by atoms with Crippen LogP contribution in [-0.4, -0.2) is 34.1 Å². The van der Waals surface area contributed by atoms with Crippen molar-refractivity contribution in [1.29, 1.82) is 0 Å². The highest BCUT2D eigenvalue weighted by Crippen LogP contribution is 2.14. The highest BCUT2D eigenvalue weighted by molar-refractivity contribution is 6.59. The third kappa shape index (κ3) is 3.46. The van der Waals surface area contributed by atoms with Gasteiger partial charge in [-0.1, -0.05) is 19.9 Å². The first-order valence-electron chi connectivity index (χ1n) is 7.17. The van der Waals surface area contributed by atoms with E-state index in [1.165, 1.54) is 0 Å². The van der Waals surface area contributed by atoms with Gasteiger partial charge in [0.15, 0.2) is 0 Å². The summed E-state index contributed by atoms with van der Waals surface area (Å²) >= 11 is 0. The Bertz CT molecular complexity index is 611. The molecule has 2 aromatic rings. The Balaban J connectivity index is 2.39. The number of rotatable bonds is 6. The number of hydrogen-bond acceptors (Lipinski definition) is 4.